The lowest BCUT2D eigenvalue weighted by Gasteiger charge is -2.14. The number of rotatable bonds is 4. The van der Waals surface area contributed by atoms with Gasteiger partial charge in [0.15, 0.2) is 12.4 Å². The van der Waals surface area contributed by atoms with Crippen LogP contribution in [0.4, 0.5) is 5.69 Å². The minimum Gasteiger partial charge on any atom is -0.481 e. The van der Waals surface area contributed by atoms with E-state index in [9.17, 15) is 4.79 Å². The molecule has 0 aliphatic carbocycles. The van der Waals surface area contributed by atoms with Crippen LogP contribution in [0.15, 0.2) is 18.2 Å². The SMILES string of the molecule is Cc1c(Cl)cccc1NC(=O)COc1c(Cl)c(Cl)c(Cl)c(Cl)c1Cl. The molecule has 2 aromatic carbocycles. The van der Waals surface area contributed by atoms with Crippen molar-refractivity contribution in [1.29, 1.82) is 0 Å². The van der Waals surface area contributed by atoms with E-state index in [0.29, 0.717) is 10.7 Å². The molecule has 0 saturated heterocycles. The molecule has 0 spiro atoms. The highest BCUT2D eigenvalue weighted by Gasteiger charge is 2.21. The molecule has 9 heteroatoms. The van der Waals surface area contributed by atoms with Crippen molar-refractivity contribution in [3.63, 3.8) is 0 Å². The maximum atomic E-state index is 12.1. The first kappa shape index (κ1) is 19.8. The first-order valence-corrected chi connectivity index (χ1v) is 8.70. The molecule has 2 aromatic rings. The van der Waals surface area contributed by atoms with Crippen molar-refractivity contribution < 1.29 is 9.53 Å². The smallest absolute Gasteiger partial charge is 0.262 e. The van der Waals surface area contributed by atoms with Gasteiger partial charge in [0.05, 0.1) is 15.1 Å². The standard InChI is InChI=1S/C15H9Cl6NO2/c1-6-7(16)3-2-4-8(6)22-9(23)5-24-15-13(20)11(18)10(17)12(19)14(15)21/h2-4H,5H2,1H3,(H,22,23). The fourth-order valence-electron chi connectivity index (χ4n) is 1.78. The number of carbonyl (C=O) groups is 1. The average molecular weight is 448 g/mol. The van der Waals surface area contributed by atoms with Gasteiger partial charge in [0.25, 0.3) is 5.91 Å². The summed E-state index contributed by atoms with van der Waals surface area (Å²) in [7, 11) is 0. The molecule has 0 saturated carbocycles. The van der Waals surface area contributed by atoms with Gasteiger partial charge in [-0.25, -0.2) is 0 Å². The van der Waals surface area contributed by atoms with Crippen molar-refractivity contribution in [2.24, 2.45) is 0 Å². The van der Waals surface area contributed by atoms with Crippen molar-refractivity contribution >= 4 is 81.2 Å². The largest absolute Gasteiger partial charge is 0.481 e. The summed E-state index contributed by atoms with van der Waals surface area (Å²) in [6, 6.07) is 5.16. The van der Waals surface area contributed by atoms with Gasteiger partial charge in [-0.1, -0.05) is 75.7 Å². The molecule has 0 bridgehead atoms. The van der Waals surface area contributed by atoms with Gasteiger partial charge in [-0.15, -0.1) is 0 Å². The molecule has 0 aliphatic heterocycles. The summed E-state index contributed by atoms with van der Waals surface area (Å²) in [5.41, 5.74) is 1.31. The molecule has 0 aromatic heterocycles. The second kappa shape index (κ2) is 8.22. The van der Waals surface area contributed by atoms with E-state index in [4.69, 9.17) is 74.3 Å². The zero-order chi connectivity index (χ0) is 18.0. The van der Waals surface area contributed by atoms with E-state index >= 15 is 0 Å². The summed E-state index contributed by atoms with van der Waals surface area (Å²) in [6.07, 6.45) is 0. The number of hydrogen-bond acceptors (Lipinski definition) is 2. The molecule has 0 unspecified atom stereocenters. The maximum Gasteiger partial charge on any atom is 0.262 e. The average Bonchev–Trinajstić information content (AvgIpc) is 2.55. The molecule has 0 radical (unpaired) electrons. The van der Waals surface area contributed by atoms with E-state index in [-0.39, 0.29) is 37.5 Å². The van der Waals surface area contributed by atoms with Crippen molar-refractivity contribution in [3.05, 3.63) is 53.9 Å². The lowest BCUT2D eigenvalue weighted by Crippen LogP contribution is -2.21. The third-order valence-electron chi connectivity index (χ3n) is 3.06. The summed E-state index contributed by atoms with van der Waals surface area (Å²) in [5.74, 6) is -0.453. The fraction of sp³-hybridized carbons (Fsp3) is 0.133. The van der Waals surface area contributed by atoms with Gasteiger partial charge in [-0.2, -0.15) is 0 Å². The Bertz CT molecular complexity index is 780. The van der Waals surface area contributed by atoms with E-state index in [1.807, 2.05) is 0 Å². The number of halogens is 6. The number of carbonyl (C=O) groups excluding carboxylic acids is 1. The number of hydrogen-bond donors (Lipinski definition) is 1. The van der Waals surface area contributed by atoms with Crippen molar-refractivity contribution in [3.8, 4) is 5.75 Å². The molecule has 1 N–H and O–H groups in total. The van der Waals surface area contributed by atoms with Crippen LogP contribution in [0.3, 0.4) is 0 Å². The van der Waals surface area contributed by atoms with Crippen LogP contribution in [0, 0.1) is 6.92 Å². The van der Waals surface area contributed by atoms with Crippen LogP contribution in [-0.2, 0) is 4.79 Å². The first-order chi connectivity index (χ1) is 11.2. The Morgan fingerprint density at radius 3 is 2.08 bits per heavy atom. The van der Waals surface area contributed by atoms with Gasteiger partial charge in [0.1, 0.15) is 10.0 Å². The zero-order valence-electron chi connectivity index (χ0n) is 12.0. The number of ether oxygens (including phenoxy) is 1. The van der Waals surface area contributed by atoms with Crippen molar-refractivity contribution in [2.75, 3.05) is 11.9 Å². The highest BCUT2D eigenvalue weighted by molar-refractivity contribution is 6.55. The zero-order valence-corrected chi connectivity index (χ0v) is 16.6. The minimum absolute atomic E-state index is 0.00572. The number of nitrogens with one attached hydrogen (secondary N) is 1. The van der Waals surface area contributed by atoms with Gasteiger partial charge in [0, 0.05) is 10.7 Å². The Kier molecular flexibility index (Phi) is 6.77. The molecular formula is C15H9Cl6NO2. The fourth-order valence-corrected chi connectivity index (χ4v) is 3.18. The number of anilines is 1. The molecule has 0 aliphatic rings. The maximum absolute atomic E-state index is 12.1. The second-order valence-corrected chi connectivity index (χ2v) is 6.95. The van der Waals surface area contributed by atoms with Crippen LogP contribution in [0.2, 0.25) is 30.1 Å². The lowest BCUT2D eigenvalue weighted by atomic mass is 10.2. The van der Waals surface area contributed by atoms with Gasteiger partial charge in [0.2, 0.25) is 0 Å². The summed E-state index contributed by atoms with van der Waals surface area (Å²) in [6.45, 7) is 1.42. The predicted molar refractivity (Wildman–Crippen MR) is 102 cm³/mol. The summed E-state index contributed by atoms with van der Waals surface area (Å²) >= 11 is 35.8. The molecule has 0 heterocycles. The molecule has 0 atom stereocenters. The van der Waals surface area contributed by atoms with E-state index in [1.165, 1.54) is 0 Å². The quantitative estimate of drug-likeness (QED) is 0.407. The van der Waals surface area contributed by atoms with Gasteiger partial charge >= 0.3 is 0 Å². The molecule has 24 heavy (non-hydrogen) atoms. The van der Waals surface area contributed by atoms with Crippen LogP contribution in [-0.4, -0.2) is 12.5 Å². The Morgan fingerprint density at radius 1 is 0.958 bits per heavy atom. The molecule has 0 fully saturated rings. The minimum atomic E-state index is -0.435. The molecule has 2 rings (SSSR count). The topological polar surface area (TPSA) is 38.3 Å². The molecule has 1 amide bonds. The van der Waals surface area contributed by atoms with Crippen LogP contribution >= 0.6 is 69.6 Å². The van der Waals surface area contributed by atoms with E-state index in [0.717, 1.165) is 5.56 Å². The highest BCUT2D eigenvalue weighted by atomic mass is 35.5. The molecular weight excluding hydrogens is 439 g/mol. The number of amides is 1. The predicted octanol–water partition coefficient (Wildman–Crippen LogP) is 6.93. The third kappa shape index (κ3) is 4.16. The first-order valence-electron chi connectivity index (χ1n) is 6.43. The van der Waals surface area contributed by atoms with Crippen LogP contribution < -0.4 is 10.1 Å². The summed E-state index contributed by atoms with van der Waals surface area (Å²) in [4.78, 5) is 12.1. The summed E-state index contributed by atoms with van der Waals surface area (Å²) < 4.78 is 5.35. The number of benzene rings is 2. The second-order valence-electron chi connectivity index (χ2n) is 4.65. The van der Waals surface area contributed by atoms with Crippen LogP contribution in [0.1, 0.15) is 5.56 Å². The Morgan fingerprint density at radius 2 is 1.50 bits per heavy atom. The van der Waals surface area contributed by atoms with Crippen molar-refractivity contribution in [1.82, 2.24) is 0 Å². The van der Waals surface area contributed by atoms with Crippen LogP contribution in [0.25, 0.3) is 0 Å². The lowest BCUT2D eigenvalue weighted by molar-refractivity contribution is -0.118. The van der Waals surface area contributed by atoms with E-state index in [2.05, 4.69) is 5.32 Å². The van der Waals surface area contributed by atoms with Crippen LogP contribution in [0.5, 0.6) is 5.75 Å². The Hall–Kier alpha value is -0.550. The van der Waals surface area contributed by atoms with E-state index < -0.39 is 5.91 Å². The normalized spacial score (nSPS) is 10.6. The molecule has 3 nitrogen and oxygen atoms in total. The van der Waals surface area contributed by atoms with E-state index in [1.54, 1.807) is 25.1 Å². The summed E-state index contributed by atoms with van der Waals surface area (Å²) in [5, 5.41) is 3.16. The third-order valence-corrected chi connectivity index (χ3v) is 5.71. The highest BCUT2D eigenvalue weighted by Crippen LogP contribution is 2.48. The monoisotopic (exact) mass is 445 g/mol. The van der Waals surface area contributed by atoms with Gasteiger partial charge in [-0.05, 0) is 24.6 Å². The Balaban J connectivity index is 2.14. The Labute approximate surface area is 168 Å². The molecule has 128 valence electrons. The van der Waals surface area contributed by atoms with Crippen molar-refractivity contribution in [2.45, 2.75) is 6.92 Å². The van der Waals surface area contributed by atoms with Gasteiger partial charge < -0.3 is 10.1 Å². The van der Waals surface area contributed by atoms with Gasteiger partial charge in [-0.3, -0.25) is 4.79 Å².